The van der Waals surface area contributed by atoms with Crippen molar-refractivity contribution < 1.29 is 29.2 Å². The van der Waals surface area contributed by atoms with Crippen LogP contribution >= 0.6 is 0 Å². The molecular weight excluding hydrogens is 316 g/mol. The maximum atomic E-state index is 12.5. The van der Waals surface area contributed by atoms with Gasteiger partial charge in [0.25, 0.3) is 0 Å². The molecule has 0 amide bonds. The third-order valence-corrected chi connectivity index (χ3v) is 3.60. The topological polar surface area (TPSA) is 109 Å². The smallest absolute Gasteiger partial charge is 0.202 e. The van der Waals surface area contributed by atoms with Gasteiger partial charge in [0.15, 0.2) is 28.3 Å². The van der Waals surface area contributed by atoms with Crippen molar-refractivity contribution in [1.29, 1.82) is 0 Å². The van der Waals surface area contributed by atoms with E-state index in [0.717, 1.165) is 0 Å². The molecule has 0 radical (unpaired) electrons. The summed E-state index contributed by atoms with van der Waals surface area (Å²) in [6.07, 6.45) is 0. The lowest BCUT2D eigenvalue weighted by atomic mass is 10.1. The summed E-state index contributed by atoms with van der Waals surface area (Å²) in [4.78, 5) is 12.5. The van der Waals surface area contributed by atoms with Gasteiger partial charge in [-0.15, -0.1) is 0 Å². The number of benzene rings is 2. The lowest BCUT2D eigenvalue weighted by molar-refractivity contribution is 0.364. The standard InChI is InChI=1S/C17H14O7/c1-22-13-7-14(23-2)16(21)17-15(13)11(20)6-12(24-17)8-3-4-9(18)10(19)5-8/h3-7,18-19,21H,1-2H3. The van der Waals surface area contributed by atoms with Crippen LogP contribution < -0.4 is 14.9 Å². The largest absolute Gasteiger partial charge is 0.504 e. The Bertz CT molecular complexity index is 988. The average molecular weight is 330 g/mol. The van der Waals surface area contributed by atoms with Crippen molar-refractivity contribution in [2.24, 2.45) is 0 Å². The van der Waals surface area contributed by atoms with E-state index >= 15 is 0 Å². The van der Waals surface area contributed by atoms with Gasteiger partial charge in [0, 0.05) is 17.7 Å². The fraction of sp³-hybridized carbons (Fsp3) is 0.118. The quantitative estimate of drug-likeness (QED) is 0.633. The molecule has 1 heterocycles. The average Bonchev–Trinajstić information content (AvgIpc) is 2.58. The van der Waals surface area contributed by atoms with Gasteiger partial charge in [-0.1, -0.05) is 0 Å². The fourth-order valence-corrected chi connectivity index (χ4v) is 2.40. The highest BCUT2D eigenvalue weighted by Crippen LogP contribution is 2.41. The Labute approximate surface area is 135 Å². The maximum absolute atomic E-state index is 12.5. The summed E-state index contributed by atoms with van der Waals surface area (Å²) >= 11 is 0. The highest BCUT2D eigenvalue weighted by atomic mass is 16.5. The normalized spacial score (nSPS) is 10.8. The number of fused-ring (bicyclic) bond motifs is 1. The highest BCUT2D eigenvalue weighted by molar-refractivity contribution is 5.91. The molecule has 0 bridgehead atoms. The van der Waals surface area contributed by atoms with E-state index < -0.39 is 5.43 Å². The van der Waals surface area contributed by atoms with E-state index in [-0.39, 0.29) is 45.5 Å². The molecule has 3 N–H and O–H groups in total. The summed E-state index contributed by atoms with van der Waals surface area (Å²) in [5.41, 5.74) is -0.180. The second-order valence-corrected chi connectivity index (χ2v) is 5.01. The number of aromatic hydroxyl groups is 3. The van der Waals surface area contributed by atoms with Gasteiger partial charge in [-0.3, -0.25) is 4.79 Å². The first-order valence-electron chi connectivity index (χ1n) is 6.90. The summed E-state index contributed by atoms with van der Waals surface area (Å²) in [6, 6.07) is 6.58. The molecule has 0 saturated heterocycles. The fourth-order valence-electron chi connectivity index (χ4n) is 2.40. The second-order valence-electron chi connectivity index (χ2n) is 5.01. The van der Waals surface area contributed by atoms with E-state index in [0.29, 0.717) is 5.56 Å². The lowest BCUT2D eigenvalue weighted by Gasteiger charge is -2.11. The molecule has 0 aliphatic heterocycles. The molecule has 124 valence electrons. The minimum atomic E-state index is -0.436. The first-order chi connectivity index (χ1) is 11.5. The molecule has 0 aliphatic rings. The number of rotatable bonds is 3. The van der Waals surface area contributed by atoms with Crippen LogP contribution in [0.5, 0.6) is 28.7 Å². The van der Waals surface area contributed by atoms with E-state index in [2.05, 4.69) is 0 Å². The number of methoxy groups -OCH3 is 2. The zero-order valence-corrected chi connectivity index (χ0v) is 12.9. The lowest BCUT2D eigenvalue weighted by Crippen LogP contribution is -2.03. The van der Waals surface area contributed by atoms with Crippen LogP contribution in [0.15, 0.2) is 39.5 Å². The van der Waals surface area contributed by atoms with Crippen LogP contribution in [0, 0.1) is 0 Å². The molecule has 0 saturated carbocycles. The van der Waals surface area contributed by atoms with Crippen LogP contribution in [0.3, 0.4) is 0 Å². The summed E-state index contributed by atoms with van der Waals surface area (Å²) in [7, 11) is 2.75. The Balaban J connectivity index is 2.35. The van der Waals surface area contributed by atoms with E-state index in [4.69, 9.17) is 13.9 Å². The molecule has 0 fully saturated rings. The first kappa shape index (κ1) is 15.5. The Hall–Kier alpha value is -3.35. The van der Waals surface area contributed by atoms with E-state index in [9.17, 15) is 20.1 Å². The minimum Gasteiger partial charge on any atom is -0.504 e. The Morgan fingerprint density at radius 3 is 2.25 bits per heavy atom. The molecule has 24 heavy (non-hydrogen) atoms. The predicted molar refractivity (Wildman–Crippen MR) is 86.0 cm³/mol. The number of hydrogen-bond acceptors (Lipinski definition) is 7. The molecule has 3 aromatic rings. The molecule has 0 aliphatic carbocycles. The number of hydrogen-bond donors (Lipinski definition) is 3. The number of phenolic OH excluding ortho intramolecular Hbond substituents is 3. The van der Waals surface area contributed by atoms with Crippen LogP contribution in [-0.4, -0.2) is 29.5 Å². The zero-order chi connectivity index (χ0) is 17.4. The molecule has 3 rings (SSSR count). The summed E-state index contributed by atoms with van der Waals surface area (Å²) in [5, 5.41) is 29.3. The van der Waals surface area contributed by atoms with Gasteiger partial charge in [0.05, 0.1) is 14.2 Å². The van der Waals surface area contributed by atoms with Crippen molar-refractivity contribution in [2.45, 2.75) is 0 Å². The minimum absolute atomic E-state index is 0.0718. The van der Waals surface area contributed by atoms with Crippen molar-refractivity contribution in [3.63, 3.8) is 0 Å². The molecule has 7 nitrogen and oxygen atoms in total. The molecule has 7 heteroatoms. The molecule has 0 atom stereocenters. The first-order valence-corrected chi connectivity index (χ1v) is 6.90. The predicted octanol–water partition coefficient (Wildman–Crippen LogP) is 2.59. The van der Waals surface area contributed by atoms with Crippen molar-refractivity contribution in [1.82, 2.24) is 0 Å². The van der Waals surface area contributed by atoms with Crippen LogP contribution in [0.4, 0.5) is 0 Å². The number of phenols is 3. The third kappa shape index (κ3) is 2.36. The van der Waals surface area contributed by atoms with Crippen LogP contribution in [0.1, 0.15) is 0 Å². The van der Waals surface area contributed by atoms with E-state index in [1.807, 2.05) is 0 Å². The monoisotopic (exact) mass is 330 g/mol. The molecular formula is C17H14O7. The van der Waals surface area contributed by atoms with Crippen LogP contribution in [0.25, 0.3) is 22.3 Å². The maximum Gasteiger partial charge on any atom is 0.202 e. The van der Waals surface area contributed by atoms with Crippen LogP contribution in [-0.2, 0) is 0 Å². The van der Waals surface area contributed by atoms with Gasteiger partial charge in [-0.25, -0.2) is 0 Å². The molecule has 1 aromatic heterocycles. The van der Waals surface area contributed by atoms with Crippen molar-refractivity contribution >= 4 is 11.0 Å². The van der Waals surface area contributed by atoms with Gasteiger partial charge in [-0.2, -0.15) is 0 Å². The van der Waals surface area contributed by atoms with Gasteiger partial charge >= 0.3 is 0 Å². The van der Waals surface area contributed by atoms with Gasteiger partial charge in [-0.05, 0) is 18.2 Å². The summed E-state index contributed by atoms with van der Waals surface area (Å²) in [5.74, 6) is -0.596. The van der Waals surface area contributed by atoms with Crippen molar-refractivity contribution in [3.8, 4) is 40.1 Å². The second kappa shape index (κ2) is 5.69. The number of ether oxygens (including phenoxy) is 2. The summed E-state index contributed by atoms with van der Waals surface area (Å²) in [6.45, 7) is 0. The molecule has 0 unspecified atom stereocenters. The molecule has 2 aromatic carbocycles. The molecule has 0 spiro atoms. The van der Waals surface area contributed by atoms with Gasteiger partial charge < -0.3 is 29.2 Å². The van der Waals surface area contributed by atoms with E-state index in [1.165, 1.54) is 44.6 Å². The zero-order valence-electron chi connectivity index (χ0n) is 12.9. The van der Waals surface area contributed by atoms with E-state index in [1.54, 1.807) is 0 Å². The Morgan fingerprint density at radius 1 is 0.917 bits per heavy atom. The third-order valence-electron chi connectivity index (χ3n) is 3.60. The van der Waals surface area contributed by atoms with Crippen molar-refractivity contribution in [2.75, 3.05) is 14.2 Å². The van der Waals surface area contributed by atoms with Crippen LogP contribution in [0.2, 0.25) is 0 Å². The Kier molecular flexibility index (Phi) is 3.69. The van der Waals surface area contributed by atoms with Gasteiger partial charge in [0.2, 0.25) is 5.75 Å². The Morgan fingerprint density at radius 2 is 1.62 bits per heavy atom. The SMILES string of the molecule is COc1cc(OC)c2c(=O)cc(-c3ccc(O)c(O)c3)oc2c1O. The van der Waals surface area contributed by atoms with Crippen molar-refractivity contribution in [3.05, 3.63) is 40.6 Å². The van der Waals surface area contributed by atoms with Gasteiger partial charge in [0.1, 0.15) is 16.9 Å². The highest BCUT2D eigenvalue weighted by Gasteiger charge is 2.19. The summed E-state index contributed by atoms with van der Waals surface area (Å²) < 4.78 is 15.8.